The van der Waals surface area contributed by atoms with E-state index in [1.165, 1.54) is 13.0 Å². The Labute approximate surface area is 129 Å². The van der Waals surface area contributed by atoms with E-state index in [1.54, 1.807) is 0 Å². The molecule has 0 aliphatic heterocycles. The second kappa shape index (κ2) is 7.04. The lowest BCUT2D eigenvalue weighted by Crippen LogP contribution is -2.44. The van der Waals surface area contributed by atoms with Crippen LogP contribution >= 0.6 is 24.2 Å². The highest BCUT2D eigenvalue weighted by Crippen LogP contribution is 2.36. The van der Waals surface area contributed by atoms with Gasteiger partial charge in [-0.25, -0.2) is 0 Å². The molecule has 1 aromatic carbocycles. The van der Waals surface area contributed by atoms with E-state index < -0.39 is 35.3 Å². The number of hydrogen-bond acceptors (Lipinski definition) is 3. The second-order valence-electron chi connectivity index (χ2n) is 4.11. The molecule has 1 atom stereocenters. The zero-order valence-corrected chi connectivity index (χ0v) is 12.4. The predicted molar refractivity (Wildman–Crippen MR) is 76.5 cm³/mol. The zero-order valence-electron chi connectivity index (χ0n) is 10.8. The van der Waals surface area contributed by atoms with Crippen molar-refractivity contribution in [2.45, 2.75) is 19.1 Å². The van der Waals surface area contributed by atoms with Crippen LogP contribution in [0.4, 0.5) is 18.9 Å². The molecule has 0 saturated heterocycles. The minimum Gasteiger partial charge on any atom is -0.344 e. The molecule has 0 aliphatic carbocycles. The lowest BCUT2D eigenvalue weighted by atomic mass is 10.1. The summed E-state index contributed by atoms with van der Waals surface area (Å²) in [4.78, 5) is 22.8. The Balaban J connectivity index is 3.02. The highest BCUT2D eigenvalue weighted by molar-refractivity contribution is 7.80. The van der Waals surface area contributed by atoms with E-state index in [4.69, 9.17) is 11.6 Å². The summed E-state index contributed by atoms with van der Waals surface area (Å²) in [5.41, 5.74) is -1.50. The Bertz CT molecular complexity index is 552. The van der Waals surface area contributed by atoms with E-state index in [1.807, 2.05) is 0 Å². The number of amides is 2. The van der Waals surface area contributed by atoms with E-state index >= 15 is 0 Å². The molecule has 0 heterocycles. The fourth-order valence-electron chi connectivity index (χ4n) is 1.52. The molecule has 0 aliphatic rings. The van der Waals surface area contributed by atoms with E-state index in [2.05, 4.69) is 23.3 Å². The normalized spacial score (nSPS) is 12.7. The molecule has 2 N–H and O–H groups in total. The monoisotopic (exact) mass is 340 g/mol. The molecule has 1 rings (SSSR count). The van der Waals surface area contributed by atoms with Gasteiger partial charge in [0.05, 0.1) is 11.3 Å². The quantitative estimate of drug-likeness (QED) is 0.738. The molecule has 0 saturated carbocycles. The minimum absolute atomic E-state index is 0.0552. The first-order valence-electron chi connectivity index (χ1n) is 5.70. The molecule has 21 heavy (non-hydrogen) atoms. The van der Waals surface area contributed by atoms with Crippen molar-refractivity contribution in [1.82, 2.24) is 5.32 Å². The predicted octanol–water partition coefficient (Wildman–Crippen LogP) is 2.73. The van der Waals surface area contributed by atoms with Crippen molar-refractivity contribution in [3.63, 3.8) is 0 Å². The maximum absolute atomic E-state index is 12.9. The number of rotatable bonds is 4. The van der Waals surface area contributed by atoms with Crippen molar-refractivity contribution in [2.75, 3.05) is 11.1 Å². The second-order valence-corrected chi connectivity index (χ2v) is 4.91. The number of benzene rings is 1. The highest BCUT2D eigenvalue weighted by Gasteiger charge is 2.34. The van der Waals surface area contributed by atoms with Crippen LogP contribution in [0.5, 0.6) is 0 Å². The van der Waals surface area contributed by atoms with Gasteiger partial charge in [-0.2, -0.15) is 25.8 Å². The Morgan fingerprint density at radius 2 is 2.00 bits per heavy atom. The van der Waals surface area contributed by atoms with Crippen molar-refractivity contribution in [3.05, 3.63) is 28.8 Å². The number of hydrogen-bond donors (Lipinski definition) is 3. The number of carbonyl (C=O) groups excluding carboxylic acids is 2. The standard InChI is InChI=1S/C12H12ClF3N2O2S/c1-6(19)17-10(5-21)11(20)18-9-3-2-7(13)4-8(9)12(14,15)16/h2-4,10,21H,5H2,1H3,(H,17,19)(H,18,20). The van der Waals surface area contributed by atoms with Gasteiger partial charge in [-0.3, -0.25) is 9.59 Å². The van der Waals surface area contributed by atoms with Gasteiger partial charge in [-0.05, 0) is 18.2 Å². The topological polar surface area (TPSA) is 58.2 Å². The van der Waals surface area contributed by atoms with Gasteiger partial charge >= 0.3 is 6.18 Å². The maximum atomic E-state index is 12.9. The molecule has 2 amide bonds. The molecule has 0 radical (unpaired) electrons. The van der Waals surface area contributed by atoms with Gasteiger partial charge in [0.25, 0.3) is 0 Å². The first kappa shape index (κ1) is 17.6. The van der Waals surface area contributed by atoms with E-state index in [9.17, 15) is 22.8 Å². The molecule has 0 bridgehead atoms. The van der Waals surface area contributed by atoms with Gasteiger partial charge < -0.3 is 10.6 Å². The molecule has 1 unspecified atom stereocenters. The molecule has 4 nitrogen and oxygen atoms in total. The lowest BCUT2D eigenvalue weighted by molar-refractivity contribution is -0.137. The molecule has 0 spiro atoms. The lowest BCUT2D eigenvalue weighted by Gasteiger charge is -2.18. The van der Waals surface area contributed by atoms with Gasteiger partial charge in [0.15, 0.2) is 0 Å². The zero-order chi connectivity index (χ0) is 16.2. The Morgan fingerprint density at radius 3 is 2.48 bits per heavy atom. The third-order valence-corrected chi connectivity index (χ3v) is 3.02. The first-order valence-corrected chi connectivity index (χ1v) is 6.71. The fraction of sp³-hybridized carbons (Fsp3) is 0.333. The van der Waals surface area contributed by atoms with Crippen LogP contribution in [0.2, 0.25) is 5.02 Å². The van der Waals surface area contributed by atoms with Crippen LogP contribution in [-0.2, 0) is 15.8 Å². The summed E-state index contributed by atoms with van der Waals surface area (Å²) in [6.45, 7) is 1.19. The van der Waals surface area contributed by atoms with Crippen LogP contribution in [0.1, 0.15) is 12.5 Å². The molecule has 0 fully saturated rings. The number of thiol groups is 1. The van der Waals surface area contributed by atoms with Gasteiger partial charge in [0, 0.05) is 17.7 Å². The van der Waals surface area contributed by atoms with Crippen molar-refractivity contribution >= 4 is 41.7 Å². The van der Waals surface area contributed by atoms with Crippen molar-refractivity contribution < 1.29 is 22.8 Å². The number of alkyl halides is 3. The molecule has 9 heteroatoms. The molecular formula is C12H12ClF3N2O2S. The third-order valence-electron chi connectivity index (χ3n) is 2.42. The van der Waals surface area contributed by atoms with Crippen LogP contribution < -0.4 is 10.6 Å². The molecular weight excluding hydrogens is 329 g/mol. The van der Waals surface area contributed by atoms with Gasteiger partial charge in [0.2, 0.25) is 11.8 Å². The SMILES string of the molecule is CC(=O)NC(CS)C(=O)Nc1ccc(Cl)cc1C(F)(F)F. The molecule has 116 valence electrons. The van der Waals surface area contributed by atoms with Crippen LogP contribution in [0.25, 0.3) is 0 Å². The van der Waals surface area contributed by atoms with E-state index in [0.717, 1.165) is 6.07 Å². The Morgan fingerprint density at radius 1 is 1.38 bits per heavy atom. The summed E-state index contributed by atoms with van der Waals surface area (Å²) in [5.74, 6) is -1.34. The summed E-state index contributed by atoms with van der Waals surface area (Å²) in [6, 6.07) is 1.95. The summed E-state index contributed by atoms with van der Waals surface area (Å²) < 4.78 is 38.6. The summed E-state index contributed by atoms with van der Waals surface area (Å²) in [7, 11) is 0. The number of nitrogens with one attached hydrogen (secondary N) is 2. The van der Waals surface area contributed by atoms with Crippen LogP contribution in [-0.4, -0.2) is 23.6 Å². The van der Waals surface area contributed by atoms with Crippen LogP contribution in [0, 0.1) is 0 Å². The minimum atomic E-state index is -4.67. The van der Waals surface area contributed by atoms with E-state index in [0.29, 0.717) is 6.07 Å². The van der Waals surface area contributed by atoms with E-state index in [-0.39, 0.29) is 10.8 Å². The number of anilines is 1. The smallest absolute Gasteiger partial charge is 0.344 e. The average molecular weight is 341 g/mol. The summed E-state index contributed by atoms with van der Waals surface area (Å²) in [5, 5.41) is 4.30. The van der Waals surface area contributed by atoms with Crippen molar-refractivity contribution in [1.29, 1.82) is 0 Å². The highest BCUT2D eigenvalue weighted by atomic mass is 35.5. The number of halogens is 4. The fourth-order valence-corrected chi connectivity index (χ4v) is 1.95. The van der Waals surface area contributed by atoms with Gasteiger partial charge in [0.1, 0.15) is 6.04 Å². The third kappa shape index (κ3) is 5.13. The first-order chi connectivity index (χ1) is 9.65. The van der Waals surface area contributed by atoms with Crippen molar-refractivity contribution in [3.8, 4) is 0 Å². The number of carbonyl (C=O) groups is 2. The van der Waals surface area contributed by atoms with Gasteiger partial charge in [-0.1, -0.05) is 11.6 Å². The van der Waals surface area contributed by atoms with Gasteiger partial charge in [-0.15, -0.1) is 0 Å². The Hall–Kier alpha value is -1.41. The largest absolute Gasteiger partial charge is 0.418 e. The molecule has 0 aromatic heterocycles. The van der Waals surface area contributed by atoms with Crippen LogP contribution in [0.3, 0.4) is 0 Å². The summed E-state index contributed by atoms with van der Waals surface area (Å²) in [6.07, 6.45) is -4.67. The average Bonchev–Trinajstić information content (AvgIpc) is 2.36. The Kier molecular flexibility index (Phi) is 5.91. The van der Waals surface area contributed by atoms with Crippen LogP contribution in [0.15, 0.2) is 18.2 Å². The van der Waals surface area contributed by atoms with Crippen molar-refractivity contribution in [2.24, 2.45) is 0 Å². The maximum Gasteiger partial charge on any atom is 0.418 e. The molecule has 1 aromatic rings. The summed E-state index contributed by atoms with van der Waals surface area (Å²) >= 11 is 9.41.